The smallest absolute Gasteiger partial charge is 0.355 e. The zero-order chi connectivity index (χ0) is 14.8. The average molecular weight is 301 g/mol. The predicted octanol–water partition coefficient (Wildman–Crippen LogP) is 1.11. The van der Waals surface area contributed by atoms with Crippen LogP contribution in [0.1, 0.15) is 28.8 Å². The number of carboxylic acids is 1. The molecule has 20 heavy (non-hydrogen) atoms. The number of carboxylic acid groups (broad SMARTS) is 1. The van der Waals surface area contributed by atoms with Crippen LogP contribution in [-0.2, 0) is 11.2 Å². The van der Waals surface area contributed by atoms with Crippen molar-refractivity contribution in [1.82, 2.24) is 15.6 Å². The van der Waals surface area contributed by atoms with Crippen LogP contribution in [0.15, 0.2) is 5.38 Å². The van der Waals surface area contributed by atoms with Gasteiger partial charge in [-0.25, -0.2) is 14.6 Å². The van der Waals surface area contributed by atoms with Crippen molar-refractivity contribution in [3.05, 3.63) is 16.1 Å². The Labute approximate surface area is 121 Å². The number of urea groups is 1. The van der Waals surface area contributed by atoms with Crippen molar-refractivity contribution >= 4 is 23.3 Å². The molecule has 0 spiro atoms. The normalized spacial score (nSPS) is 10.2. The van der Waals surface area contributed by atoms with Crippen molar-refractivity contribution in [3.63, 3.8) is 0 Å². The van der Waals surface area contributed by atoms with Crippen LogP contribution in [-0.4, -0.2) is 48.4 Å². The molecule has 0 radical (unpaired) electrons. The molecule has 0 unspecified atom stereocenters. The van der Waals surface area contributed by atoms with Gasteiger partial charge in [0, 0.05) is 38.1 Å². The first-order valence-corrected chi connectivity index (χ1v) is 7.28. The summed E-state index contributed by atoms with van der Waals surface area (Å²) in [6.45, 7) is 4.22. The lowest BCUT2D eigenvalue weighted by atomic mass is 10.4. The van der Waals surface area contributed by atoms with Crippen molar-refractivity contribution in [2.45, 2.75) is 19.8 Å². The van der Waals surface area contributed by atoms with E-state index < -0.39 is 5.97 Å². The summed E-state index contributed by atoms with van der Waals surface area (Å²) in [5.41, 5.74) is 0.0466. The van der Waals surface area contributed by atoms with Gasteiger partial charge < -0.3 is 20.5 Å². The molecule has 1 heterocycles. The maximum absolute atomic E-state index is 11.4. The minimum absolute atomic E-state index is 0.0466. The molecule has 0 aliphatic rings. The van der Waals surface area contributed by atoms with E-state index in [2.05, 4.69) is 15.6 Å². The zero-order valence-electron chi connectivity index (χ0n) is 11.3. The van der Waals surface area contributed by atoms with Gasteiger partial charge in [0.25, 0.3) is 0 Å². The van der Waals surface area contributed by atoms with E-state index in [0.29, 0.717) is 37.7 Å². The molecule has 2 amide bonds. The number of ether oxygens (including phenoxy) is 1. The summed E-state index contributed by atoms with van der Waals surface area (Å²) in [4.78, 5) is 26.0. The highest BCUT2D eigenvalue weighted by molar-refractivity contribution is 7.09. The average Bonchev–Trinajstić information content (AvgIpc) is 2.87. The molecule has 0 atom stereocenters. The molecule has 3 N–H and O–H groups in total. The summed E-state index contributed by atoms with van der Waals surface area (Å²) >= 11 is 1.28. The molecule has 1 aromatic heterocycles. The minimum Gasteiger partial charge on any atom is -0.476 e. The van der Waals surface area contributed by atoms with Crippen LogP contribution in [0.3, 0.4) is 0 Å². The number of carbonyl (C=O) groups excluding carboxylic acids is 1. The predicted molar refractivity (Wildman–Crippen MR) is 75.3 cm³/mol. The van der Waals surface area contributed by atoms with E-state index in [1.165, 1.54) is 16.7 Å². The van der Waals surface area contributed by atoms with E-state index in [1.54, 1.807) is 0 Å². The Morgan fingerprint density at radius 1 is 1.40 bits per heavy atom. The molecule has 0 aliphatic heterocycles. The van der Waals surface area contributed by atoms with E-state index in [4.69, 9.17) is 9.84 Å². The topological polar surface area (TPSA) is 101 Å². The Morgan fingerprint density at radius 2 is 2.15 bits per heavy atom. The highest BCUT2D eigenvalue weighted by Crippen LogP contribution is 2.09. The van der Waals surface area contributed by atoms with Gasteiger partial charge in [0.15, 0.2) is 5.69 Å². The van der Waals surface area contributed by atoms with Crippen LogP contribution in [0.4, 0.5) is 4.79 Å². The molecule has 112 valence electrons. The van der Waals surface area contributed by atoms with Gasteiger partial charge in [-0.1, -0.05) is 0 Å². The number of rotatable bonds is 9. The van der Waals surface area contributed by atoms with Gasteiger partial charge >= 0.3 is 12.0 Å². The highest BCUT2D eigenvalue weighted by Gasteiger charge is 2.08. The third-order valence-electron chi connectivity index (χ3n) is 2.35. The maximum Gasteiger partial charge on any atom is 0.355 e. The zero-order valence-corrected chi connectivity index (χ0v) is 12.2. The monoisotopic (exact) mass is 301 g/mol. The van der Waals surface area contributed by atoms with Crippen molar-refractivity contribution in [2.75, 3.05) is 26.3 Å². The second kappa shape index (κ2) is 9.27. The lowest BCUT2D eigenvalue weighted by Gasteiger charge is -2.06. The number of aromatic nitrogens is 1. The van der Waals surface area contributed by atoms with Gasteiger partial charge in [-0.15, -0.1) is 11.3 Å². The summed E-state index contributed by atoms with van der Waals surface area (Å²) in [6.07, 6.45) is 1.29. The Hall–Kier alpha value is -1.67. The standard InChI is InChI=1S/C12H19N3O4S/c1-2-19-7-3-5-13-12(18)14-6-4-10-15-9(8-20-10)11(16)17/h8H,2-7H2,1H3,(H,16,17)(H2,13,14,18). The van der Waals surface area contributed by atoms with Crippen LogP contribution in [0, 0.1) is 0 Å². The van der Waals surface area contributed by atoms with Gasteiger partial charge in [0.05, 0.1) is 5.01 Å². The maximum atomic E-state index is 11.4. The largest absolute Gasteiger partial charge is 0.476 e. The molecular formula is C12H19N3O4S. The van der Waals surface area contributed by atoms with E-state index in [9.17, 15) is 9.59 Å². The minimum atomic E-state index is -1.03. The number of hydrogen-bond donors (Lipinski definition) is 3. The Bertz CT molecular complexity index is 436. The number of amides is 2. The lowest BCUT2D eigenvalue weighted by molar-refractivity contribution is 0.0691. The molecule has 1 rings (SSSR count). The van der Waals surface area contributed by atoms with Crippen LogP contribution in [0.5, 0.6) is 0 Å². The summed E-state index contributed by atoms with van der Waals surface area (Å²) in [5.74, 6) is -1.03. The van der Waals surface area contributed by atoms with Crippen LogP contribution >= 0.6 is 11.3 Å². The summed E-state index contributed by atoms with van der Waals surface area (Å²) in [6, 6.07) is -0.239. The van der Waals surface area contributed by atoms with Crippen molar-refractivity contribution in [2.24, 2.45) is 0 Å². The van der Waals surface area contributed by atoms with Crippen LogP contribution in [0.2, 0.25) is 0 Å². The molecule has 0 saturated heterocycles. The molecule has 7 nitrogen and oxygen atoms in total. The third-order valence-corrected chi connectivity index (χ3v) is 3.26. The second-order valence-corrected chi connectivity index (χ2v) is 4.86. The van der Waals surface area contributed by atoms with Crippen LogP contribution < -0.4 is 10.6 Å². The molecule has 0 fully saturated rings. The van der Waals surface area contributed by atoms with Crippen molar-refractivity contribution in [1.29, 1.82) is 0 Å². The number of hydrogen-bond acceptors (Lipinski definition) is 5. The van der Waals surface area contributed by atoms with Gasteiger partial charge in [0.1, 0.15) is 0 Å². The van der Waals surface area contributed by atoms with Gasteiger partial charge in [0.2, 0.25) is 0 Å². The fourth-order valence-corrected chi connectivity index (χ4v) is 2.16. The number of carbonyl (C=O) groups is 2. The Balaban J connectivity index is 2.10. The Morgan fingerprint density at radius 3 is 2.80 bits per heavy atom. The lowest BCUT2D eigenvalue weighted by Crippen LogP contribution is -2.37. The molecule has 1 aromatic rings. The number of nitrogens with zero attached hydrogens (tertiary/aromatic N) is 1. The molecule has 0 bridgehead atoms. The summed E-state index contributed by atoms with van der Waals surface area (Å²) < 4.78 is 5.15. The van der Waals surface area contributed by atoms with Gasteiger partial charge in [-0.05, 0) is 13.3 Å². The number of aromatic carboxylic acids is 1. The first kappa shape index (κ1) is 16.4. The van der Waals surface area contributed by atoms with E-state index in [0.717, 1.165) is 6.42 Å². The fourth-order valence-electron chi connectivity index (χ4n) is 1.39. The van der Waals surface area contributed by atoms with Crippen molar-refractivity contribution < 1.29 is 19.4 Å². The van der Waals surface area contributed by atoms with E-state index in [-0.39, 0.29) is 11.7 Å². The second-order valence-electron chi connectivity index (χ2n) is 3.91. The summed E-state index contributed by atoms with van der Waals surface area (Å²) in [5, 5.41) is 16.3. The summed E-state index contributed by atoms with van der Waals surface area (Å²) in [7, 11) is 0. The van der Waals surface area contributed by atoms with Crippen molar-refractivity contribution in [3.8, 4) is 0 Å². The molecule has 8 heteroatoms. The molecule has 0 aliphatic carbocycles. The molecule has 0 saturated carbocycles. The fraction of sp³-hybridized carbons (Fsp3) is 0.583. The van der Waals surface area contributed by atoms with Crippen LogP contribution in [0.25, 0.3) is 0 Å². The van der Waals surface area contributed by atoms with Gasteiger partial charge in [-0.3, -0.25) is 0 Å². The number of nitrogens with one attached hydrogen (secondary N) is 2. The van der Waals surface area contributed by atoms with E-state index >= 15 is 0 Å². The number of thiazole rings is 1. The Kier molecular flexibility index (Phi) is 7.59. The molecular weight excluding hydrogens is 282 g/mol. The quantitative estimate of drug-likeness (QED) is 0.593. The SMILES string of the molecule is CCOCCCNC(=O)NCCc1nc(C(=O)O)cs1. The first-order chi connectivity index (χ1) is 9.63. The van der Waals surface area contributed by atoms with Gasteiger partial charge in [-0.2, -0.15) is 0 Å². The van der Waals surface area contributed by atoms with E-state index in [1.807, 2.05) is 6.92 Å². The molecule has 0 aromatic carbocycles. The first-order valence-electron chi connectivity index (χ1n) is 6.40. The third kappa shape index (κ3) is 6.48. The highest BCUT2D eigenvalue weighted by atomic mass is 32.1.